The molecule has 0 aliphatic rings. The normalized spacial score (nSPS) is 10.9. The molecule has 3 rings (SSSR count). The summed E-state index contributed by atoms with van der Waals surface area (Å²) in [5.74, 6) is -14.2. The molecule has 2 aromatic carbocycles. The van der Waals surface area contributed by atoms with E-state index in [1.54, 1.807) is 18.2 Å². The molecule has 1 aromatic heterocycles. The summed E-state index contributed by atoms with van der Waals surface area (Å²) in [4.78, 5) is 15.9. The number of carbonyl (C=O) groups is 1. The van der Waals surface area contributed by atoms with Crippen LogP contribution in [0.4, 0.5) is 22.0 Å². The number of ether oxygens (including phenoxy) is 1. The van der Waals surface area contributed by atoms with Crippen LogP contribution >= 0.6 is 0 Å². The Morgan fingerprint density at radius 2 is 1.42 bits per heavy atom. The maximum atomic E-state index is 13.6. The molecular formula is C16H6F5NO2. The molecule has 0 saturated heterocycles. The number of carbonyl (C=O) groups excluding carboxylic acids is 1. The third kappa shape index (κ3) is 2.45. The van der Waals surface area contributed by atoms with E-state index in [1.165, 1.54) is 12.3 Å². The van der Waals surface area contributed by atoms with Crippen molar-refractivity contribution in [2.24, 2.45) is 0 Å². The Hall–Kier alpha value is -3.03. The van der Waals surface area contributed by atoms with E-state index in [-0.39, 0.29) is 5.56 Å². The van der Waals surface area contributed by atoms with Gasteiger partial charge in [-0.15, -0.1) is 0 Å². The minimum atomic E-state index is -2.34. The van der Waals surface area contributed by atoms with E-state index in [0.29, 0.717) is 10.8 Å². The molecule has 0 aliphatic heterocycles. The molecule has 0 N–H and O–H groups in total. The third-order valence-electron chi connectivity index (χ3n) is 3.25. The second kappa shape index (κ2) is 5.88. The molecule has 24 heavy (non-hydrogen) atoms. The van der Waals surface area contributed by atoms with Gasteiger partial charge in [-0.05, 0) is 5.39 Å². The van der Waals surface area contributed by atoms with Crippen LogP contribution in [-0.4, -0.2) is 11.0 Å². The number of fused-ring (bicyclic) bond motifs is 1. The van der Waals surface area contributed by atoms with Crippen LogP contribution in [0.5, 0.6) is 5.75 Å². The predicted molar refractivity (Wildman–Crippen MR) is 72.9 cm³/mol. The molecular weight excluding hydrogens is 333 g/mol. The highest BCUT2D eigenvalue weighted by Gasteiger charge is 2.29. The van der Waals surface area contributed by atoms with Crippen molar-refractivity contribution in [3.05, 3.63) is 71.3 Å². The first kappa shape index (κ1) is 15.9. The maximum absolute atomic E-state index is 13.6. The Bertz CT molecular complexity index is 940. The van der Waals surface area contributed by atoms with Crippen LogP contribution in [0.3, 0.4) is 0 Å². The summed E-state index contributed by atoms with van der Waals surface area (Å²) >= 11 is 0. The van der Waals surface area contributed by atoms with Crippen LogP contribution in [0.25, 0.3) is 10.8 Å². The lowest BCUT2D eigenvalue weighted by molar-refractivity contribution is 0.0717. The van der Waals surface area contributed by atoms with Crippen molar-refractivity contribution in [1.29, 1.82) is 0 Å². The molecule has 0 atom stereocenters. The molecule has 0 amide bonds. The summed E-state index contributed by atoms with van der Waals surface area (Å²) in [7, 11) is 0. The lowest BCUT2D eigenvalue weighted by atomic mass is 10.1. The van der Waals surface area contributed by atoms with Crippen LogP contribution in [0.2, 0.25) is 0 Å². The van der Waals surface area contributed by atoms with Crippen molar-refractivity contribution in [2.45, 2.75) is 0 Å². The Balaban J connectivity index is 2.08. The largest absolute Gasteiger partial charge is 0.416 e. The minimum Gasteiger partial charge on any atom is -0.416 e. The molecule has 0 spiro atoms. The Morgan fingerprint density at radius 1 is 0.833 bits per heavy atom. The van der Waals surface area contributed by atoms with E-state index in [4.69, 9.17) is 0 Å². The van der Waals surface area contributed by atoms with Crippen LogP contribution in [0, 0.1) is 29.1 Å². The average molecular weight is 339 g/mol. The number of benzene rings is 2. The molecule has 122 valence electrons. The molecule has 0 saturated carbocycles. The maximum Gasteiger partial charge on any atom is 0.345 e. The minimum absolute atomic E-state index is 0.183. The quantitative estimate of drug-likeness (QED) is 0.231. The molecule has 0 bridgehead atoms. The molecule has 0 unspecified atom stereocenters. The topological polar surface area (TPSA) is 39.2 Å². The zero-order valence-corrected chi connectivity index (χ0v) is 11.6. The smallest absolute Gasteiger partial charge is 0.345 e. The summed E-state index contributed by atoms with van der Waals surface area (Å²) in [6.07, 6.45) is 2.50. The summed E-state index contributed by atoms with van der Waals surface area (Å²) in [5, 5.41) is 0.880. The van der Waals surface area contributed by atoms with Crippen molar-refractivity contribution in [1.82, 2.24) is 4.98 Å². The van der Waals surface area contributed by atoms with Gasteiger partial charge >= 0.3 is 5.97 Å². The average Bonchev–Trinajstić information content (AvgIpc) is 2.61. The van der Waals surface area contributed by atoms with Gasteiger partial charge in [0.2, 0.25) is 34.8 Å². The number of hydrogen-bond donors (Lipinski definition) is 0. The van der Waals surface area contributed by atoms with Gasteiger partial charge in [0, 0.05) is 17.8 Å². The van der Waals surface area contributed by atoms with Gasteiger partial charge < -0.3 is 4.74 Å². The fourth-order valence-electron chi connectivity index (χ4n) is 2.10. The molecule has 3 nitrogen and oxygen atoms in total. The summed E-state index contributed by atoms with van der Waals surface area (Å²) in [5.41, 5.74) is -0.183. The lowest BCUT2D eigenvalue weighted by Gasteiger charge is -2.10. The summed E-state index contributed by atoms with van der Waals surface area (Å²) < 4.78 is 70.8. The van der Waals surface area contributed by atoms with Crippen LogP contribution < -0.4 is 4.74 Å². The molecule has 0 radical (unpaired) electrons. The number of nitrogens with zero attached hydrogens (tertiary/aromatic N) is 1. The van der Waals surface area contributed by atoms with E-state index in [9.17, 15) is 26.7 Å². The van der Waals surface area contributed by atoms with Gasteiger partial charge in [-0.2, -0.15) is 8.78 Å². The van der Waals surface area contributed by atoms with Crippen molar-refractivity contribution in [3.63, 3.8) is 0 Å². The number of esters is 1. The summed E-state index contributed by atoms with van der Waals surface area (Å²) in [6.45, 7) is 0. The number of halogens is 5. The Morgan fingerprint density at radius 3 is 2.08 bits per heavy atom. The second-order valence-electron chi connectivity index (χ2n) is 4.70. The zero-order valence-electron chi connectivity index (χ0n) is 11.6. The van der Waals surface area contributed by atoms with Crippen LogP contribution in [0.15, 0.2) is 36.7 Å². The van der Waals surface area contributed by atoms with Gasteiger partial charge in [-0.25, -0.2) is 18.0 Å². The fraction of sp³-hybridized carbons (Fsp3) is 0. The van der Waals surface area contributed by atoms with E-state index in [2.05, 4.69) is 9.72 Å². The zero-order chi connectivity index (χ0) is 17.4. The van der Waals surface area contributed by atoms with Crippen molar-refractivity contribution < 1.29 is 31.5 Å². The first-order chi connectivity index (χ1) is 11.4. The van der Waals surface area contributed by atoms with Gasteiger partial charge in [0.25, 0.3) is 0 Å². The Labute approximate surface area is 131 Å². The van der Waals surface area contributed by atoms with Gasteiger partial charge in [0.05, 0.1) is 5.56 Å². The SMILES string of the molecule is O=C(Oc1c(F)c(F)c(F)c(F)c1F)c1cncc2ccccc12. The van der Waals surface area contributed by atoms with Gasteiger partial charge in [0.15, 0.2) is 0 Å². The standard InChI is InChI=1S/C16H6F5NO2/c17-10-11(18)13(20)15(14(21)12(10)19)24-16(23)9-6-22-5-7-3-1-2-4-8(7)9/h1-6H. The number of aromatic nitrogens is 1. The van der Waals surface area contributed by atoms with E-state index in [1.807, 2.05) is 0 Å². The van der Waals surface area contributed by atoms with Gasteiger partial charge in [-0.3, -0.25) is 4.98 Å². The van der Waals surface area contributed by atoms with Crippen LogP contribution in [-0.2, 0) is 0 Å². The molecule has 0 fully saturated rings. The number of pyridine rings is 1. The van der Waals surface area contributed by atoms with E-state index < -0.39 is 40.8 Å². The Kier molecular flexibility index (Phi) is 3.88. The highest BCUT2D eigenvalue weighted by molar-refractivity contribution is 6.04. The monoisotopic (exact) mass is 339 g/mol. The van der Waals surface area contributed by atoms with Crippen molar-refractivity contribution >= 4 is 16.7 Å². The first-order valence-corrected chi connectivity index (χ1v) is 6.48. The van der Waals surface area contributed by atoms with E-state index in [0.717, 1.165) is 6.20 Å². The lowest BCUT2D eigenvalue weighted by Crippen LogP contribution is -2.14. The second-order valence-corrected chi connectivity index (χ2v) is 4.70. The predicted octanol–water partition coefficient (Wildman–Crippen LogP) is 4.15. The van der Waals surface area contributed by atoms with Gasteiger partial charge in [0.1, 0.15) is 0 Å². The van der Waals surface area contributed by atoms with Crippen molar-refractivity contribution in [2.75, 3.05) is 0 Å². The van der Waals surface area contributed by atoms with Gasteiger partial charge in [-0.1, -0.05) is 24.3 Å². The molecule has 0 aliphatic carbocycles. The number of hydrogen-bond acceptors (Lipinski definition) is 3. The fourth-order valence-corrected chi connectivity index (χ4v) is 2.10. The highest BCUT2D eigenvalue weighted by atomic mass is 19.2. The summed E-state index contributed by atoms with van der Waals surface area (Å²) in [6, 6.07) is 6.41. The first-order valence-electron chi connectivity index (χ1n) is 6.48. The molecule has 3 aromatic rings. The molecule has 1 heterocycles. The van der Waals surface area contributed by atoms with Crippen molar-refractivity contribution in [3.8, 4) is 5.75 Å². The molecule has 8 heteroatoms. The number of rotatable bonds is 2. The highest BCUT2D eigenvalue weighted by Crippen LogP contribution is 2.30. The van der Waals surface area contributed by atoms with E-state index >= 15 is 0 Å². The van der Waals surface area contributed by atoms with Crippen LogP contribution in [0.1, 0.15) is 10.4 Å². The third-order valence-corrected chi connectivity index (χ3v) is 3.25.